The van der Waals surface area contributed by atoms with E-state index in [1.165, 1.54) is 5.56 Å². The molecule has 4 heteroatoms. The van der Waals surface area contributed by atoms with Crippen LogP contribution in [-0.4, -0.2) is 31.4 Å². The Bertz CT molecular complexity index is 350. The topological polar surface area (TPSA) is 58.4 Å². The Morgan fingerprint density at radius 3 is 2.69 bits per heavy atom. The summed E-state index contributed by atoms with van der Waals surface area (Å²) in [6.45, 7) is 1.48. The van der Waals surface area contributed by atoms with Crippen molar-refractivity contribution in [3.63, 3.8) is 0 Å². The molecule has 0 saturated heterocycles. The molecule has 0 bridgehead atoms. The summed E-state index contributed by atoms with van der Waals surface area (Å²) in [5.74, 6) is -0.127. The van der Waals surface area contributed by atoms with Gasteiger partial charge in [-0.3, -0.25) is 4.79 Å². The summed E-state index contributed by atoms with van der Waals surface area (Å²) in [4.78, 5) is 13.1. The van der Waals surface area contributed by atoms with Crippen molar-refractivity contribution < 1.29 is 4.79 Å². The summed E-state index contributed by atoms with van der Waals surface area (Å²) in [5.41, 5.74) is 7.55. The zero-order valence-electron chi connectivity index (χ0n) is 9.86. The van der Waals surface area contributed by atoms with Crippen LogP contribution in [0.15, 0.2) is 24.3 Å². The van der Waals surface area contributed by atoms with E-state index in [-0.39, 0.29) is 12.5 Å². The van der Waals surface area contributed by atoms with Gasteiger partial charge in [-0.05, 0) is 25.2 Å². The summed E-state index contributed by atoms with van der Waals surface area (Å²) in [6, 6.07) is 8.17. The Hall–Kier alpha value is -1.39. The van der Waals surface area contributed by atoms with Gasteiger partial charge in [0.25, 0.3) is 0 Å². The Kier molecular flexibility index (Phi) is 4.95. The van der Waals surface area contributed by atoms with Crippen LogP contribution >= 0.6 is 0 Å². The monoisotopic (exact) mass is 221 g/mol. The standard InChI is InChI=1S/C12H19N3O/c1-15(2)9-11-5-3-4-10(6-11)8-14-12(16)7-13/h3-6H,7-9,13H2,1-2H3,(H,14,16). The molecule has 0 saturated carbocycles. The minimum absolute atomic E-state index is 0.0391. The molecule has 0 aliphatic rings. The number of hydrogen-bond acceptors (Lipinski definition) is 3. The highest BCUT2D eigenvalue weighted by Gasteiger charge is 2.00. The number of nitrogens with zero attached hydrogens (tertiary/aromatic N) is 1. The van der Waals surface area contributed by atoms with Crippen LogP contribution < -0.4 is 11.1 Å². The average Bonchev–Trinajstić information content (AvgIpc) is 2.25. The molecule has 1 amide bonds. The molecule has 3 N–H and O–H groups in total. The molecule has 0 aromatic heterocycles. The van der Waals surface area contributed by atoms with Gasteiger partial charge in [-0.25, -0.2) is 0 Å². The van der Waals surface area contributed by atoms with Crippen LogP contribution in [0.25, 0.3) is 0 Å². The van der Waals surface area contributed by atoms with E-state index in [0.717, 1.165) is 12.1 Å². The molecule has 0 fully saturated rings. The fraction of sp³-hybridized carbons (Fsp3) is 0.417. The van der Waals surface area contributed by atoms with E-state index in [4.69, 9.17) is 5.73 Å². The van der Waals surface area contributed by atoms with E-state index in [9.17, 15) is 4.79 Å². The van der Waals surface area contributed by atoms with Gasteiger partial charge in [-0.2, -0.15) is 0 Å². The summed E-state index contributed by atoms with van der Waals surface area (Å²) in [6.07, 6.45) is 0. The van der Waals surface area contributed by atoms with Gasteiger partial charge in [0.1, 0.15) is 0 Å². The molecular formula is C12H19N3O. The van der Waals surface area contributed by atoms with Crippen molar-refractivity contribution in [3.8, 4) is 0 Å². The lowest BCUT2D eigenvalue weighted by Gasteiger charge is -2.11. The average molecular weight is 221 g/mol. The van der Waals surface area contributed by atoms with Crippen LogP contribution in [0.5, 0.6) is 0 Å². The van der Waals surface area contributed by atoms with Gasteiger partial charge in [0.05, 0.1) is 6.54 Å². The molecule has 1 aromatic carbocycles. The zero-order valence-corrected chi connectivity index (χ0v) is 9.86. The summed E-state index contributed by atoms with van der Waals surface area (Å²) < 4.78 is 0. The maximum atomic E-state index is 11.0. The highest BCUT2D eigenvalue weighted by Crippen LogP contribution is 2.06. The van der Waals surface area contributed by atoms with E-state index >= 15 is 0 Å². The van der Waals surface area contributed by atoms with Crippen LogP contribution in [0.1, 0.15) is 11.1 Å². The van der Waals surface area contributed by atoms with Gasteiger partial charge >= 0.3 is 0 Å². The van der Waals surface area contributed by atoms with E-state index < -0.39 is 0 Å². The zero-order chi connectivity index (χ0) is 12.0. The van der Waals surface area contributed by atoms with Gasteiger partial charge < -0.3 is 16.0 Å². The first-order valence-electron chi connectivity index (χ1n) is 5.31. The van der Waals surface area contributed by atoms with E-state index in [2.05, 4.69) is 22.3 Å². The number of nitrogens with one attached hydrogen (secondary N) is 1. The first kappa shape index (κ1) is 12.7. The Balaban J connectivity index is 2.56. The van der Waals surface area contributed by atoms with Crippen LogP contribution in [0.3, 0.4) is 0 Å². The smallest absolute Gasteiger partial charge is 0.234 e. The minimum atomic E-state index is -0.127. The number of carbonyl (C=O) groups is 1. The van der Waals surface area contributed by atoms with Crippen molar-refractivity contribution in [2.75, 3.05) is 20.6 Å². The maximum Gasteiger partial charge on any atom is 0.234 e. The third-order valence-electron chi connectivity index (χ3n) is 2.17. The Labute approximate surface area is 96.4 Å². The highest BCUT2D eigenvalue weighted by atomic mass is 16.1. The molecule has 1 rings (SSSR count). The predicted octanol–water partition coefficient (Wildman–Crippen LogP) is 0.323. The molecule has 16 heavy (non-hydrogen) atoms. The number of carbonyl (C=O) groups excluding carboxylic acids is 1. The SMILES string of the molecule is CN(C)Cc1cccc(CNC(=O)CN)c1. The Morgan fingerprint density at radius 1 is 1.38 bits per heavy atom. The molecule has 1 aromatic rings. The van der Waals surface area contributed by atoms with Crippen LogP contribution in [0, 0.1) is 0 Å². The van der Waals surface area contributed by atoms with E-state index in [1.807, 2.05) is 26.2 Å². The van der Waals surface area contributed by atoms with Crippen molar-refractivity contribution in [3.05, 3.63) is 35.4 Å². The quantitative estimate of drug-likeness (QED) is 0.753. The third-order valence-corrected chi connectivity index (χ3v) is 2.17. The van der Waals surface area contributed by atoms with Crippen LogP contribution in [-0.2, 0) is 17.9 Å². The minimum Gasteiger partial charge on any atom is -0.351 e. The molecule has 0 radical (unpaired) electrons. The number of amides is 1. The lowest BCUT2D eigenvalue weighted by Crippen LogP contribution is -2.29. The molecule has 0 aliphatic carbocycles. The maximum absolute atomic E-state index is 11.0. The third kappa shape index (κ3) is 4.42. The van der Waals surface area contributed by atoms with Gasteiger partial charge in [-0.15, -0.1) is 0 Å². The predicted molar refractivity (Wildman–Crippen MR) is 64.7 cm³/mol. The van der Waals surface area contributed by atoms with Crippen LogP contribution in [0.4, 0.5) is 0 Å². The molecule has 0 atom stereocenters. The fourth-order valence-electron chi connectivity index (χ4n) is 1.48. The van der Waals surface area contributed by atoms with E-state index in [1.54, 1.807) is 0 Å². The molecule has 0 spiro atoms. The molecular weight excluding hydrogens is 202 g/mol. The molecule has 0 unspecified atom stereocenters. The summed E-state index contributed by atoms with van der Waals surface area (Å²) >= 11 is 0. The van der Waals surface area contributed by atoms with E-state index in [0.29, 0.717) is 6.54 Å². The van der Waals surface area contributed by atoms with Crippen molar-refractivity contribution in [1.29, 1.82) is 0 Å². The summed E-state index contributed by atoms with van der Waals surface area (Å²) in [7, 11) is 4.06. The first-order valence-corrected chi connectivity index (χ1v) is 5.31. The highest BCUT2D eigenvalue weighted by molar-refractivity contribution is 5.77. The lowest BCUT2D eigenvalue weighted by molar-refractivity contribution is -0.119. The van der Waals surface area contributed by atoms with Gasteiger partial charge in [0.2, 0.25) is 5.91 Å². The fourth-order valence-corrected chi connectivity index (χ4v) is 1.48. The second-order valence-corrected chi connectivity index (χ2v) is 4.04. The summed E-state index contributed by atoms with van der Waals surface area (Å²) in [5, 5.41) is 2.75. The van der Waals surface area contributed by atoms with Crippen molar-refractivity contribution in [1.82, 2.24) is 10.2 Å². The number of nitrogens with two attached hydrogens (primary N) is 1. The second-order valence-electron chi connectivity index (χ2n) is 4.04. The Morgan fingerprint density at radius 2 is 2.06 bits per heavy atom. The molecule has 4 nitrogen and oxygen atoms in total. The van der Waals surface area contributed by atoms with Crippen LogP contribution in [0.2, 0.25) is 0 Å². The van der Waals surface area contributed by atoms with Gasteiger partial charge in [-0.1, -0.05) is 24.3 Å². The lowest BCUT2D eigenvalue weighted by atomic mass is 10.1. The molecule has 0 heterocycles. The molecule has 88 valence electrons. The number of rotatable bonds is 5. The van der Waals surface area contributed by atoms with Gasteiger partial charge in [0, 0.05) is 13.1 Å². The first-order chi connectivity index (χ1) is 7.61. The second kappa shape index (κ2) is 6.25. The van der Waals surface area contributed by atoms with Crippen molar-refractivity contribution in [2.24, 2.45) is 5.73 Å². The van der Waals surface area contributed by atoms with Crippen molar-refractivity contribution >= 4 is 5.91 Å². The van der Waals surface area contributed by atoms with Crippen molar-refractivity contribution in [2.45, 2.75) is 13.1 Å². The van der Waals surface area contributed by atoms with Gasteiger partial charge in [0.15, 0.2) is 0 Å². The number of benzene rings is 1. The normalized spacial score (nSPS) is 10.5. The largest absolute Gasteiger partial charge is 0.351 e. The number of hydrogen-bond donors (Lipinski definition) is 2. The molecule has 0 aliphatic heterocycles.